The van der Waals surface area contributed by atoms with Crippen LogP contribution < -0.4 is 5.23 Å². The van der Waals surface area contributed by atoms with Crippen LogP contribution in [0.25, 0.3) is 0 Å². The Bertz CT molecular complexity index is 56.4. The van der Waals surface area contributed by atoms with Crippen LogP contribution in [-0.4, -0.2) is 11.2 Å². The fourth-order valence-corrected chi connectivity index (χ4v) is 0.556. The van der Waals surface area contributed by atoms with Gasteiger partial charge in [-0.05, 0) is 6.92 Å². The van der Waals surface area contributed by atoms with Crippen molar-refractivity contribution in [3.05, 3.63) is 5.21 Å². The van der Waals surface area contributed by atoms with Crippen LogP contribution in [-0.2, 0) is 0 Å². The number of hydrogen-bond donors (Lipinski definition) is 2. The van der Waals surface area contributed by atoms with Crippen LogP contribution in [0, 0.1) is 5.21 Å². The highest BCUT2D eigenvalue weighted by atomic mass is 16.8. The molecule has 0 aromatic heterocycles. The molecule has 0 rings (SSSR count). The van der Waals surface area contributed by atoms with E-state index >= 15 is 0 Å². The lowest BCUT2D eigenvalue weighted by atomic mass is 10.2. The molecular formula is C5H13NO2. The lowest BCUT2D eigenvalue weighted by Crippen LogP contribution is -3.08. The summed E-state index contributed by atoms with van der Waals surface area (Å²) >= 11 is 0. The molecule has 3 heteroatoms. The van der Waals surface area contributed by atoms with Crippen molar-refractivity contribution in [2.24, 2.45) is 0 Å². The first-order chi connectivity index (χ1) is 3.68. The van der Waals surface area contributed by atoms with Gasteiger partial charge in [-0.15, -0.1) is 0 Å². The van der Waals surface area contributed by atoms with Gasteiger partial charge in [-0.3, -0.25) is 0 Å². The Morgan fingerprint density at radius 3 is 2.38 bits per heavy atom. The Kier molecular flexibility index (Phi) is 3.77. The second kappa shape index (κ2) is 3.83. The second-order valence-corrected chi connectivity index (χ2v) is 2.03. The van der Waals surface area contributed by atoms with E-state index < -0.39 is 5.23 Å². The third-order valence-electron chi connectivity index (χ3n) is 1.14. The van der Waals surface area contributed by atoms with Gasteiger partial charge in [-0.1, -0.05) is 13.3 Å². The Balaban J connectivity index is 3.17. The first-order valence-electron chi connectivity index (χ1n) is 2.91. The van der Waals surface area contributed by atoms with Crippen molar-refractivity contribution in [1.29, 1.82) is 0 Å². The molecular weight excluding hydrogens is 106 g/mol. The SMILES string of the molecule is CCCC(C)[NH+]([O-])O. The van der Waals surface area contributed by atoms with Gasteiger partial charge in [0, 0.05) is 6.42 Å². The molecule has 0 radical (unpaired) electrons. The molecule has 0 amide bonds. The number of hydrogen-bond acceptors (Lipinski definition) is 2. The van der Waals surface area contributed by atoms with Crippen LogP contribution in [0.4, 0.5) is 0 Å². The minimum atomic E-state index is -0.688. The zero-order valence-electron chi connectivity index (χ0n) is 5.35. The maximum Gasteiger partial charge on any atom is 0.114 e. The average molecular weight is 119 g/mol. The van der Waals surface area contributed by atoms with Gasteiger partial charge in [0.2, 0.25) is 0 Å². The molecule has 0 aromatic carbocycles. The molecule has 0 heterocycles. The van der Waals surface area contributed by atoms with E-state index in [1.165, 1.54) is 0 Å². The number of quaternary nitrogens is 1. The molecule has 0 spiro atoms. The van der Waals surface area contributed by atoms with E-state index in [9.17, 15) is 5.21 Å². The first-order valence-corrected chi connectivity index (χ1v) is 2.91. The summed E-state index contributed by atoms with van der Waals surface area (Å²) in [7, 11) is 0. The van der Waals surface area contributed by atoms with Crippen LogP contribution in [0.5, 0.6) is 0 Å². The predicted molar refractivity (Wildman–Crippen MR) is 30.5 cm³/mol. The van der Waals surface area contributed by atoms with Crippen molar-refractivity contribution in [2.75, 3.05) is 0 Å². The summed E-state index contributed by atoms with van der Waals surface area (Å²) in [5.41, 5.74) is 0. The van der Waals surface area contributed by atoms with Crippen molar-refractivity contribution >= 4 is 0 Å². The van der Waals surface area contributed by atoms with E-state index in [0.29, 0.717) is 0 Å². The van der Waals surface area contributed by atoms with Crippen LogP contribution in [0.1, 0.15) is 26.7 Å². The summed E-state index contributed by atoms with van der Waals surface area (Å²) in [6.07, 6.45) is 1.74. The Morgan fingerprint density at radius 1 is 1.75 bits per heavy atom. The monoisotopic (exact) mass is 119 g/mol. The Morgan fingerprint density at radius 2 is 2.25 bits per heavy atom. The molecule has 0 aromatic rings. The summed E-state index contributed by atoms with van der Waals surface area (Å²) in [4.78, 5) is 0. The molecule has 8 heavy (non-hydrogen) atoms. The minimum Gasteiger partial charge on any atom is -0.600 e. The van der Waals surface area contributed by atoms with Gasteiger partial charge in [0.1, 0.15) is 6.04 Å². The van der Waals surface area contributed by atoms with Gasteiger partial charge in [0.25, 0.3) is 0 Å². The molecule has 0 saturated carbocycles. The Hall–Kier alpha value is -0.120. The normalized spacial score (nSPS) is 18.0. The molecule has 2 N–H and O–H groups in total. The Labute approximate surface area is 49.5 Å². The quantitative estimate of drug-likeness (QED) is 0.511. The standard InChI is InChI=1S/C5H13NO2/c1-3-4-5(2)6(7)8/h5-7H,3-4H2,1-2H3. The highest BCUT2D eigenvalue weighted by Crippen LogP contribution is 1.88. The lowest BCUT2D eigenvalue weighted by Gasteiger charge is -2.19. The first kappa shape index (κ1) is 7.88. The third-order valence-corrected chi connectivity index (χ3v) is 1.14. The molecule has 0 saturated heterocycles. The van der Waals surface area contributed by atoms with Crippen LogP contribution >= 0.6 is 0 Å². The fraction of sp³-hybridized carbons (Fsp3) is 1.00. The highest BCUT2D eigenvalue weighted by Gasteiger charge is 2.03. The summed E-state index contributed by atoms with van der Waals surface area (Å²) in [5.74, 6) is 0. The van der Waals surface area contributed by atoms with Crippen molar-refractivity contribution in [2.45, 2.75) is 32.7 Å². The van der Waals surface area contributed by atoms with Gasteiger partial charge >= 0.3 is 0 Å². The summed E-state index contributed by atoms with van der Waals surface area (Å²) in [5, 5.41) is 17.7. The fourth-order valence-electron chi connectivity index (χ4n) is 0.556. The molecule has 3 nitrogen and oxygen atoms in total. The zero-order chi connectivity index (χ0) is 6.57. The number of nitrogens with one attached hydrogen (secondary N) is 1. The predicted octanol–water partition coefficient (Wildman–Crippen LogP) is -0.0531. The zero-order valence-corrected chi connectivity index (χ0v) is 5.35. The molecule has 0 aliphatic heterocycles. The van der Waals surface area contributed by atoms with E-state index in [4.69, 9.17) is 5.21 Å². The smallest absolute Gasteiger partial charge is 0.114 e. The highest BCUT2D eigenvalue weighted by molar-refractivity contribution is 4.42. The van der Waals surface area contributed by atoms with Gasteiger partial charge in [0.05, 0.1) is 0 Å². The summed E-state index contributed by atoms with van der Waals surface area (Å²) < 4.78 is 0. The summed E-state index contributed by atoms with van der Waals surface area (Å²) in [6, 6.07) is -0.167. The van der Waals surface area contributed by atoms with Gasteiger partial charge in [-0.25, -0.2) is 10.4 Å². The van der Waals surface area contributed by atoms with Gasteiger partial charge < -0.3 is 5.21 Å². The third kappa shape index (κ3) is 2.96. The summed E-state index contributed by atoms with van der Waals surface area (Å²) in [6.45, 7) is 3.71. The van der Waals surface area contributed by atoms with E-state index in [0.717, 1.165) is 12.8 Å². The molecule has 2 atom stereocenters. The maximum atomic E-state index is 10.1. The molecule has 0 fully saturated rings. The van der Waals surface area contributed by atoms with Crippen LogP contribution in [0.15, 0.2) is 0 Å². The topological polar surface area (TPSA) is 47.7 Å². The minimum absolute atomic E-state index is 0.167. The molecule has 0 aliphatic carbocycles. The molecule has 2 unspecified atom stereocenters. The van der Waals surface area contributed by atoms with Gasteiger partial charge in [-0.2, -0.15) is 0 Å². The number of hydroxylamine groups is 2. The van der Waals surface area contributed by atoms with Crippen molar-refractivity contribution in [3.8, 4) is 0 Å². The van der Waals surface area contributed by atoms with Crippen molar-refractivity contribution in [1.82, 2.24) is 0 Å². The van der Waals surface area contributed by atoms with E-state index in [1.807, 2.05) is 6.92 Å². The van der Waals surface area contributed by atoms with Crippen LogP contribution in [0.3, 0.4) is 0 Å². The van der Waals surface area contributed by atoms with Gasteiger partial charge in [0.15, 0.2) is 0 Å². The largest absolute Gasteiger partial charge is 0.600 e. The molecule has 0 aliphatic rings. The van der Waals surface area contributed by atoms with E-state index in [-0.39, 0.29) is 6.04 Å². The number of rotatable bonds is 3. The molecule has 0 bridgehead atoms. The van der Waals surface area contributed by atoms with Crippen molar-refractivity contribution in [3.63, 3.8) is 0 Å². The second-order valence-electron chi connectivity index (χ2n) is 2.03. The van der Waals surface area contributed by atoms with Crippen LogP contribution in [0.2, 0.25) is 0 Å². The lowest BCUT2D eigenvalue weighted by molar-refractivity contribution is -1.07. The average Bonchev–Trinajstić information content (AvgIpc) is 1.67. The van der Waals surface area contributed by atoms with Crippen molar-refractivity contribution < 1.29 is 10.4 Å². The van der Waals surface area contributed by atoms with E-state index in [1.54, 1.807) is 6.92 Å². The molecule has 50 valence electrons. The maximum absolute atomic E-state index is 10.1. The van der Waals surface area contributed by atoms with E-state index in [2.05, 4.69) is 0 Å².